The number of methoxy groups -OCH3 is 2. The standard InChI is InChI=1S/C18H16F2N2O3/c1-24-13-4-5-14(17(9-13)25-2)16(10-21)22-18(23)8-11-7-12(19)3-6-15(11)20/h3-7,9,16H,8H2,1-2H3,(H,22,23)/t16-/m0/s1. The maximum absolute atomic E-state index is 13.6. The molecular formula is C18H16F2N2O3. The maximum Gasteiger partial charge on any atom is 0.225 e. The Labute approximate surface area is 143 Å². The van der Waals surface area contributed by atoms with Crippen molar-refractivity contribution in [2.75, 3.05) is 14.2 Å². The highest BCUT2D eigenvalue weighted by Crippen LogP contribution is 2.29. The number of hydrogen-bond donors (Lipinski definition) is 1. The van der Waals surface area contributed by atoms with Gasteiger partial charge in [-0.2, -0.15) is 5.26 Å². The second-order valence-electron chi connectivity index (χ2n) is 5.15. The summed E-state index contributed by atoms with van der Waals surface area (Å²) in [6, 6.07) is 8.61. The summed E-state index contributed by atoms with van der Waals surface area (Å²) in [6.07, 6.45) is -0.389. The van der Waals surface area contributed by atoms with Gasteiger partial charge in [0.2, 0.25) is 5.91 Å². The third kappa shape index (κ3) is 4.44. The Morgan fingerprint density at radius 1 is 1.20 bits per heavy atom. The van der Waals surface area contributed by atoms with Crippen molar-refractivity contribution < 1.29 is 23.0 Å². The first-order chi connectivity index (χ1) is 12.0. The largest absolute Gasteiger partial charge is 0.497 e. The number of nitrogens with one attached hydrogen (secondary N) is 1. The molecule has 0 spiro atoms. The van der Waals surface area contributed by atoms with Gasteiger partial charge in [0.15, 0.2) is 0 Å². The molecule has 0 aliphatic rings. The van der Waals surface area contributed by atoms with Gasteiger partial charge < -0.3 is 14.8 Å². The van der Waals surface area contributed by atoms with Crippen molar-refractivity contribution in [3.63, 3.8) is 0 Å². The molecule has 1 amide bonds. The SMILES string of the molecule is COc1ccc([C@H](C#N)NC(=O)Cc2cc(F)ccc2F)c(OC)c1. The van der Waals surface area contributed by atoms with Crippen molar-refractivity contribution >= 4 is 5.91 Å². The van der Waals surface area contributed by atoms with Crippen LogP contribution in [0.25, 0.3) is 0 Å². The lowest BCUT2D eigenvalue weighted by Gasteiger charge is -2.16. The Bertz CT molecular complexity index is 818. The number of ether oxygens (including phenoxy) is 2. The maximum atomic E-state index is 13.6. The summed E-state index contributed by atoms with van der Waals surface area (Å²) in [6.45, 7) is 0. The number of rotatable bonds is 6. The van der Waals surface area contributed by atoms with Gasteiger partial charge in [0, 0.05) is 17.2 Å². The van der Waals surface area contributed by atoms with E-state index in [1.54, 1.807) is 18.2 Å². The molecule has 0 radical (unpaired) electrons. The zero-order chi connectivity index (χ0) is 18.4. The van der Waals surface area contributed by atoms with E-state index in [9.17, 15) is 18.8 Å². The Kier molecular flexibility index (Phi) is 5.90. The number of amides is 1. The van der Waals surface area contributed by atoms with Crippen molar-refractivity contribution in [1.29, 1.82) is 5.26 Å². The number of hydrogen-bond acceptors (Lipinski definition) is 4. The Balaban J connectivity index is 2.18. The quantitative estimate of drug-likeness (QED) is 0.873. The zero-order valence-electron chi connectivity index (χ0n) is 13.7. The summed E-state index contributed by atoms with van der Waals surface area (Å²) in [7, 11) is 2.92. The predicted molar refractivity (Wildman–Crippen MR) is 86.1 cm³/mol. The fourth-order valence-electron chi connectivity index (χ4n) is 2.30. The number of nitrogens with zero attached hydrogens (tertiary/aromatic N) is 1. The van der Waals surface area contributed by atoms with Gasteiger partial charge in [0.05, 0.1) is 26.7 Å². The molecule has 7 heteroatoms. The van der Waals surface area contributed by atoms with Crippen molar-refractivity contribution in [1.82, 2.24) is 5.32 Å². The molecule has 0 heterocycles. The Hall–Kier alpha value is -3.14. The van der Waals surface area contributed by atoms with Crippen LogP contribution in [0.15, 0.2) is 36.4 Å². The highest BCUT2D eigenvalue weighted by molar-refractivity contribution is 5.79. The van der Waals surface area contributed by atoms with Crippen LogP contribution in [0.5, 0.6) is 11.5 Å². The first-order valence-electron chi connectivity index (χ1n) is 7.33. The summed E-state index contributed by atoms with van der Waals surface area (Å²) in [5, 5.41) is 11.8. The third-order valence-corrected chi connectivity index (χ3v) is 3.54. The monoisotopic (exact) mass is 346 g/mol. The Morgan fingerprint density at radius 3 is 2.60 bits per heavy atom. The topological polar surface area (TPSA) is 71.3 Å². The molecule has 0 saturated heterocycles. The van der Waals surface area contributed by atoms with Crippen molar-refractivity contribution in [2.24, 2.45) is 0 Å². The van der Waals surface area contributed by atoms with Crippen LogP contribution in [0, 0.1) is 23.0 Å². The van der Waals surface area contributed by atoms with Crippen molar-refractivity contribution in [3.05, 3.63) is 59.2 Å². The Morgan fingerprint density at radius 2 is 1.96 bits per heavy atom. The van der Waals surface area contributed by atoms with Gasteiger partial charge in [-0.05, 0) is 30.3 Å². The van der Waals surface area contributed by atoms with E-state index in [0.29, 0.717) is 17.1 Å². The average Bonchev–Trinajstić information content (AvgIpc) is 2.62. The summed E-state index contributed by atoms with van der Waals surface area (Å²) >= 11 is 0. The molecule has 0 bridgehead atoms. The van der Waals surface area contributed by atoms with Gasteiger partial charge in [0.25, 0.3) is 0 Å². The molecule has 1 atom stereocenters. The molecule has 130 valence electrons. The molecule has 2 aromatic rings. The molecule has 2 aromatic carbocycles. The zero-order valence-corrected chi connectivity index (χ0v) is 13.7. The molecule has 0 saturated carbocycles. The number of nitriles is 1. The first-order valence-corrected chi connectivity index (χ1v) is 7.33. The molecule has 0 aliphatic carbocycles. The third-order valence-electron chi connectivity index (χ3n) is 3.54. The van der Waals surface area contributed by atoms with E-state index in [2.05, 4.69) is 5.32 Å². The molecule has 25 heavy (non-hydrogen) atoms. The van der Waals surface area contributed by atoms with Gasteiger partial charge in [-0.3, -0.25) is 4.79 Å². The summed E-state index contributed by atoms with van der Waals surface area (Å²) in [5.41, 5.74) is 0.342. The van der Waals surface area contributed by atoms with Crippen molar-refractivity contribution in [3.8, 4) is 17.6 Å². The first kappa shape index (κ1) is 18.2. The molecule has 0 aliphatic heterocycles. The second kappa shape index (κ2) is 8.11. The van der Waals surface area contributed by atoms with E-state index in [0.717, 1.165) is 18.2 Å². The summed E-state index contributed by atoms with van der Waals surface area (Å²) in [4.78, 5) is 12.1. The van der Waals surface area contributed by atoms with Crippen LogP contribution in [0.1, 0.15) is 17.2 Å². The number of carbonyl (C=O) groups excluding carboxylic acids is 1. The molecule has 0 aromatic heterocycles. The lowest BCUT2D eigenvalue weighted by molar-refractivity contribution is -0.120. The van der Waals surface area contributed by atoms with E-state index in [1.165, 1.54) is 14.2 Å². The second-order valence-corrected chi connectivity index (χ2v) is 5.15. The lowest BCUT2D eigenvalue weighted by Crippen LogP contribution is -2.29. The average molecular weight is 346 g/mol. The molecule has 5 nitrogen and oxygen atoms in total. The minimum Gasteiger partial charge on any atom is -0.497 e. The van der Waals surface area contributed by atoms with E-state index in [4.69, 9.17) is 9.47 Å². The summed E-state index contributed by atoms with van der Waals surface area (Å²) in [5.74, 6) is -1.05. The molecule has 0 fully saturated rings. The fourth-order valence-corrected chi connectivity index (χ4v) is 2.30. The highest BCUT2D eigenvalue weighted by Gasteiger charge is 2.20. The number of carbonyl (C=O) groups is 1. The van der Waals surface area contributed by atoms with Gasteiger partial charge in [-0.15, -0.1) is 0 Å². The van der Waals surface area contributed by atoms with Crippen LogP contribution < -0.4 is 14.8 Å². The minimum absolute atomic E-state index is 0.0871. The van der Waals surface area contributed by atoms with Crippen LogP contribution in [-0.2, 0) is 11.2 Å². The van der Waals surface area contributed by atoms with Crippen LogP contribution >= 0.6 is 0 Å². The van der Waals surface area contributed by atoms with Crippen LogP contribution in [-0.4, -0.2) is 20.1 Å². The van der Waals surface area contributed by atoms with Crippen LogP contribution in [0.4, 0.5) is 8.78 Å². The van der Waals surface area contributed by atoms with Crippen LogP contribution in [0.2, 0.25) is 0 Å². The van der Waals surface area contributed by atoms with Gasteiger partial charge in [0.1, 0.15) is 29.2 Å². The lowest BCUT2D eigenvalue weighted by atomic mass is 10.1. The smallest absolute Gasteiger partial charge is 0.225 e. The van der Waals surface area contributed by atoms with E-state index in [1.807, 2.05) is 6.07 Å². The van der Waals surface area contributed by atoms with E-state index >= 15 is 0 Å². The fraction of sp³-hybridized carbons (Fsp3) is 0.222. The van der Waals surface area contributed by atoms with Crippen LogP contribution in [0.3, 0.4) is 0 Å². The highest BCUT2D eigenvalue weighted by atomic mass is 19.1. The van der Waals surface area contributed by atoms with Gasteiger partial charge >= 0.3 is 0 Å². The van der Waals surface area contributed by atoms with Crippen molar-refractivity contribution in [2.45, 2.75) is 12.5 Å². The van der Waals surface area contributed by atoms with E-state index in [-0.39, 0.29) is 12.0 Å². The van der Waals surface area contributed by atoms with E-state index < -0.39 is 23.6 Å². The minimum atomic E-state index is -1.01. The molecule has 2 rings (SSSR count). The molecular weight excluding hydrogens is 330 g/mol. The molecule has 1 N–H and O–H groups in total. The summed E-state index contributed by atoms with van der Waals surface area (Å²) < 4.78 is 37.1. The number of halogens is 2. The number of benzene rings is 2. The molecule has 0 unspecified atom stereocenters. The predicted octanol–water partition coefficient (Wildman–Crippen LogP) is 2.91. The normalized spacial score (nSPS) is 11.3. The van der Waals surface area contributed by atoms with Gasteiger partial charge in [-0.1, -0.05) is 0 Å². The van der Waals surface area contributed by atoms with Gasteiger partial charge in [-0.25, -0.2) is 8.78 Å².